The van der Waals surface area contributed by atoms with Gasteiger partial charge in [-0.2, -0.15) is 0 Å². The lowest BCUT2D eigenvalue weighted by Crippen LogP contribution is -2.50. The molecule has 1 saturated heterocycles. The molecule has 0 spiro atoms. The second-order valence-electron chi connectivity index (χ2n) is 4.41. The second-order valence-corrected chi connectivity index (χ2v) is 4.68. The lowest BCUT2D eigenvalue weighted by molar-refractivity contribution is 0.234. The Bertz CT molecular complexity index is 356. The molecule has 0 aliphatic carbocycles. The molecular weight excluding hydrogens is 222 g/mol. The number of anilines is 1. The SMILES string of the molecule is CC1CN(c2cnccc2CCl)CCN1C. The van der Waals surface area contributed by atoms with Crippen molar-refractivity contribution in [1.29, 1.82) is 0 Å². The third kappa shape index (κ3) is 2.30. The van der Waals surface area contributed by atoms with E-state index in [0.717, 1.165) is 19.6 Å². The Labute approximate surface area is 102 Å². The zero-order chi connectivity index (χ0) is 11.5. The standard InChI is InChI=1S/C12H18ClN3/c1-10-9-16(6-5-15(10)2)12-8-14-4-3-11(12)7-13/h3-4,8,10H,5-7,9H2,1-2H3. The molecule has 0 aromatic carbocycles. The number of likely N-dealkylation sites (N-methyl/N-ethyl adjacent to an activating group) is 1. The molecule has 4 heteroatoms. The second kappa shape index (κ2) is 5.02. The van der Waals surface area contributed by atoms with Crippen LogP contribution < -0.4 is 4.90 Å². The quantitative estimate of drug-likeness (QED) is 0.736. The maximum absolute atomic E-state index is 5.95. The molecule has 88 valence electrons. The third-order valence-electron chi connectivity index (χ3n) is 3.33. The van der Waals surface area contributed by atoms with Crippen LogP contribution in [-0.2, 0) is 5.88 Å². The fourth-order valence-electron chi connectivity index (χ4n) is 2.08. The Morgan fingerprint density at radius 1 is 1.50 bits per heavy atom. The van der Waals surface area contributed by atoms with Crippen LogP contribution in [0, 0.1) is 0 Å². The summed E-state index contributed by atoms with van der Waals surface area (Å²) in [6.07, 6.45) is 3.73. The first-order valence-electron chi connectivity index (χ1n) is 5.66. The van der Waals surface area contributed by atoms with Crippen LogP contribution in [-0.4, -0.2) is 42.6 Å². The molecule has 2 heterocycles. The highest BCUT2D eigenvalue weighted by molar-refractivity contribution is 6.17. The van der Waals surface area contributed by atoms with E-state index in [-0.39, 0.29) is 0 Å². The Morgan fingerprint density at radius 2 is 2.31 bits per heavy atom. The molecular formula is C12H18ClN3. The van der Waals surface area contributed by atoms with Gasteiger partial charge in [-0.15, -0.1) is 11.6 Å². The summed E-state index contributed by atoms with van der Waals surface area (Å²) in [6, 6.07) is 2.59. The van der Waals surface area contributed by atoms with E-state index in [4.69, 9.17) is 11.6 Å². The van der Waals surface area contributed by atoms with Crippen LogP contribution in [0.15, 0.2) is 18.5 Å². The van der Waals surface area contributed by atoms with E-state index in [1.54, 1.807) is 6.20 Å². The van der Waals surface area contributed by atoms with Gasteiger partial charge in [0.05, 0.1) is 11.9 Å². The highest BCUT2D eigenvalue weighted by Gasteiger charge is 2.22. The van der Waals surface area contributed by atoms with Gasteiger partial charge in [0.15, 0.2) is 0 Å². The van der Waals surface area contributed by atoms with E-state index in [0.29, 0.717) is 11.9 Å². The van der Waals surface area contributed by atoms with Gasteiger partial charge in [0.1, 0.15) is 0 Å². The van der Waals surface area contributed by atoms with E-state index in [2.05, 4.69) is 28.8 Å². The fraction of sp³-hybridized carbons (Fsp3) is 0.583. The van der Waals surface area contributed by atoms with E-state index >= 15 is 0 Å². The van der Waals surface area contributed by atoms with Crippen molar-refractivity contribution < 1.29 is 0 Å². The van der Waals surface area contributed by atoms with Crippen molar-refractivity contribution in [2.45, 2.75) is 18.8 Å². The molecule has 1 aromatic rings. The number of hydrogen-bond acceptors (Lipinski definition) is 3. The van der Waals surface area contributed by atoms with Gasteiger partial charge >= 0.3 is 0 Å². The monoisotopic (exact) mass is 239 g/mol. The molecule has 1 fully saturated rings. The van der Waals surface area contributed by atoms with E-state index in [9.17, 15) is 0 Å². The number of aromatic nitrogens is 1. The van der Waals surface area contributed by atoms with Crippen LogP contribution >= 0.6 is 11.6 Å². The van der Waals surface area contributed by atoms with Crippen molar-refractivity contribution >= 4 is 17.3 Å². The van der Waals surface area contributed by atoms with Gasteiger partial charge in [-0.1, -0.05) is 0 Å². The molecule has 0 saturated carbocycles. The van der Waals surface area contributed by atoms with E-state index < -0.39 is 0 Å². The van der Waals surface area contributed by atoms with Crippen molar-refractivity contribution in [2.24, 2.45) is 0 Å². The molecule has 1 aliphatic rings. The van der Waals surface area contributed by atoms with Crippen molar-refractivity contribution in [3.8, 4) is 0 Å². The summed E-state index contributed by atoms with van der Waals surface area (Å²) in [5.41, 5.74) is 2.37. The summed E-state index contributed by atoms with van der Waals surface area (Å²) in [4.78, 5) is 8.97. The van der Waals surface area contributed by atoms with E-state index in [1.807, 2.05) is 12.3 Å². The molecule has 2 rings (SSSR count). The Kier molecular flexibility index (Phi) is 3.66. The number of rotatable bonds is 2. The topological polar surface area (TPSA) is 19.4 Å². The Morgan fingerprint density at radius 3 is 3.00 bits per heavy atom. The van der Waals surface area contributed by atoms with Gasteiger partial charge < -0.3 is 9.80 Å². The van der Waals surface area contributed by atoms with Gasteiger partial charge in [-0.25, -0.2) is 0 Å². The smallest absolute Gasteiger partial charge is 0.0598 e. The van der Waals surface area contributed by atoms with Gasteiger partial charge in [0.25, 0.3) is 0 Å². The summed E-state index contributed by atoms with van der Waals surface area (Å²) in [6.45, 7) is 5.45. The largest absolute Gasteiger partial charge is 0.367 e. The molecule has 0 radical (unpaired) electrons. The van der Waals surface area contributed by atoms with Crippen LogP contribution in [0.1, 0.15) is 12.5 Å². The summed E-state index contributed by atoms with van der Waals surface area (Å²) < 4.78 is 0. The summed E-state index contributed by atoms with van der Waals surface area (Å²) >= 11 is 5.95. The maximum atomic E-state index is 5.95. The van der Waals surface area contributed by atoms with Gasteiger partial charge in [-0.3, -0.25) is 4.98 Å². The zero-order valence-corrected chi connectivity index (χ0v) is 10.6. The van der Waals surface area contributed by atoms with Gasteiger partial charge in [0, 0.05) is 37.8 Å². The molecule has 1 aliphatic heterocycles. The molecule has 0 N–H and O–H groups in total. The van der Waals surface area contributed by atoms with Gasteiger partial charge in [0.2, 0.25) is 0 Å². The first-order valence-corrected chi connectivity index (χ1v) is 6.20. The number of alkyl halides is 1. The lowest BCUT2D eigenvalue weighted by Gasteiger charge is -2.39. The highest BCUT2D eigenvalue weighted by atomic mass is 35.5. The molecule has 1 atom stereocenters. The van der Waals surface area contributed by atoms with Crippen LogP contribution in [0.5, 0.6) is 0 Å². The number of pyridine rings is 1. The molecule has 16 heavy (non-hydrogen) atoms. The normalized spacial score (nSPS) is 22.4. The van der Waals surface area contributed by atoms with Crippen LogP contribution in [0.3, 0.4) is 0 Å². The third-order valence-corrected chi connectivity index (χ3v) is 3.62. The molecule has 0 bridgehead atoms. The summed E-state index contributed by atoms with van der Waals surface area (Å²) in [7, 11) is 2.17. The predicted molar refractivity (Wildman–Crippen MR) is 68.1 cm³/mol. The highest BCUT2D eigenvalue weighted by Crippen LogP contribution is 2.23. The predicted octanol–water partition coefficient (Wildman–Crippen LogP) is 1.96. The molecule has 3 nitrogen and oxygen atoms in total. The number of hydrogen-bond donors (Lipinski definition) is 0. The fourth-order valence-corrected chi connectivity index (χ4v) is 2.31. The van der Waals surface area contributed by atoms with Crippen LogP contribution in [0.25, 0.3) is 0 Å². The van der Waals surface area contributed by atoms with Crippen LogP contribution in [0.4, 0.5) is 5.69 Å². The number of halogens is 1. The number of nitrogens with zero attached hydrogens (tertiary/aromatic N) is 3. The maximum Gasteiger partial charge on any atom is 0.0598 e. The van der Waals surface area contributed by atoms with Crippen LogP contribution in [0.2, 0.25) is 0 Å². The van der Waals surface area contributed by atoms with E-state index in [1.165, 1.54) is 11.3 Å². The average molecular weight is 240 g/mol. The summed E-state index contributed by atoms with van der Waals surface area (Å²) in [5, 5.41) is 0. The molecule has 1 unspecified atom stereocenters. The number of piperazine rings is 1. The zero-order valence-electron chi connectivity index (χ0n) is 9.86. The summed E-state index contributed by atoms with van der Waals surface area (Å²) in [5.74, 6) is 0.554. The Balaban J connectivity index is 2.18. The van der Waals surface area contributed by atoms with Crippen molar-refractivity contribution in [3.05, 3.63) is 24.0 Å². The average Bonchev–Trinajstić information content (AvgIpc) is 2.32. The van der Waals surface area contributed by atoms with Crippen molar-refractivity contribution in [2.75, 3.05) is 31.6 Å². The minimum absolute atomic E-state index is 0.554. The lowest BCUT2D eigenvalue weighted by atomic mass is 10.1. The van der Waals surface area contributed by atoms with Crippen molar-refractivity contribution in [1.82, 2.24) is 9.88 Å². The first-order chi connectivity index (χ1) is 7.72. The first kappa shape index (κ1) is 11.7. The van der Waals surface area contributed by atoms with Gasteiger partial charge in [-0.05, 0) is 25.6 Å². The molecule has 1 aromatic heterocycles. The Hall–Kier alpha value is -0.800. The minimum atomic E-state index is 0.554. The van der Waals surface area contributed by atoms with Crippen molar-refractivity contribution in [3.63, 3.8) is 0 Å². The molecule has 0 amide bonds. The minimum Gasteiger partial charge on any atom is -0.367 e.